The fourth-order valence-corrected chi connectivity index (χ4v) is 2.19. The number of Topliss-reactive ketones (excluding diaryl/α,β-unsaturated/α-hetero) is 1. The summed E-state index contributed by atoms with van der Waals surface area (Å²) in [7, 11) is 0. The van der Waals surface area contributed by atoms with Crippen molar-refractivity contribution in [3.63, 3.8) is 0 Å². The Kier molecular flexibility index (Phi) is 2.88. The molecule has 16 heavy (non-hydrogen) atoms. The van der Waals surface area contributed by atoms with E-state index in [0.717, 1.165) is 12.8 Å². The maximum atomic E-state index is 13.5. The van der Waals surface area contributed by atoms with E-state index in [4.69, 9.17) is 5.73 Å². The SMILES string of the molecule is CC(N)(C(=O)c1cc(Br)ccc1F)C1CC1. The summed E-state index contributed by atoms with van der Waals surface area (Å²) in [6, 6.07) is 4.34. The molecule has 0 spiro atoms. The Morgan fingerprint density at radius 2 is 2.19 bits per heavy atom. The van der Waals surface area contributed by atoms with Crippen LogP contribution < -0.4 is 5.73 Å². The molecule has 86 valence electrons. The Hall–Kier alpha value is -0.740. The average Bonchev–Trinajstić information content (AvgIpc) is 3.04. The van der Waals surface area contributed by atoms with Crippen molar-refractivity contribution in [1.82, 2.24) is 0 Å². The zero-order valence-corrected chi connectivity index (χ0v) is 10.6. The summed E-state index contributed by atoms with van der Waals surface area (Å²) in [5, 5.41) is 0. The molecule has 1 unspecified atom stereocenters. The number of ketones is 1. The Labute approximate surface area is 102 Å². The van der Waals surface area contributed by atoms with Gasteiger partial charge in [0.25, 0.3) is 0 Å². The number of carbonyl (C=O) groups is 1. The molecule has 0 amide bonds. The highest BCUT2D eigenvalue weighted by molar-refractivity contribution is 9.10. The van der Waals surface area contributed by atoms with Crippen LogP contribution in [0.15, 0.2) is 22.7 Å². The lowest BCUT2D eigenvalue weighted by Gasteiger charge is -2.22. The summed E-state index contributed by atoms with van der Waals surface area (Å²) < 4.78 is 14.2. The van der Waals surface area contributed by atoms with Crippen molar-refractivity contribution >= 4 is 21.7 Å². The molecule has 1 fully saturated rings. The summed E-state index contributed by atoms with van der Waals surface area (Å²) in [4.78, 5) is 12.1. The number of nitrogens with two attached hydrogens (primary N) is 1. The van der Waals surface area contributed by atoms with E-state index in [1.54, 1.807) is 13.0 Å². The molecule has 0 aliphatic heterocycles. The van der Waals surface area contributed by atoms with Crippen LogP contribution in [-0.2, 0) is 0 Å². The summed E-state index contributed by atoms with van der Waals surface area (Å²) in [6.07, 6.45) is 1.91. The number of hydrogen-bond donors (Lipinski definition) is 1. The zero-order valence-electron chi connectivity index (χ0n) is 8.97. The number of carbonyl (C=O) groups excluding carboxylic acids is 1. The van der Waals surface area contributed by atoms with Crippen LogP contribution in [0.3, 0.4) is 0 Å². The number of hydrogen-bond acceptors (Lipinski definition) is 2. The first-order chi connectivity index (χ1) is 7.43. The first-order valence-electron chi connectivity index (χ1n) is 5.21. The third kappa shape index (κ3) is 2.04. The van der Waals surface area contributed by atoms with Gasteiger partial charge in [-0.15, -0.1) is 0 Å². The Morgan fingerprint density at radius 1 is 1.56 bits per heavy atom. The minimum Gasteiger partial charge on any atom is -0.319 e. The molecule has 1 atom stereocenters. The number of rotatable bonds is 3. The molecule has 0 heterocycles. The van der Waals surface area contributed by atoms with E-state index < -0.39 is 11.4 Å². The topological polar surface area (TPSA) is 43.1 Å². The second kappa shape index (κ2) is 3.93. The van der Waals surface area contributed by atoms with Gasteiger partial charge < -0.3 is 5.73 Å². The molecule has 1 aromatic rings. The standard InChI is InChI=1S/C12H13BrFNO/c1-12(15,7-2-3-7)11(16)9-6-8(13)4-5-10(9)14/h4-7H,2-3,15H2,1H3. The van der Waals surface area contributed by atoms with E-state index in [1.807, 2.05) is 0 Å². The third-order valence-corrected chi connectivity index (χ3v) is 3.58. The average molecular weight is 286 g/mol. The van der Waals surface area contributed by atoms with Gasteiger partial charge in [0.2, 0.25) is 0 Å². The Bertz CT molecular complexity index is 441. The van der Waals surface area contributed by atoms with Gasteiger partial charge in [0.15, 0.2) is 5.78 Å². The van der Waals surface area contributed by atoms with Gasteiger partial charge in [0.1, 0.15) is 5.82 Å². The van der Waals surface area contributed by atoms with Crippen LogP contribution in [0.4, 0.5) is 4.39 Å². The molecular weight excluding hydrogens is 273 g/mol. The van der Waals surface area contributed by atoms with Crippen molar-refractivity contribution in [3.8, 4) is 0 Å². The molecular formula is C12H13BrFNO. The van der Waals surface area contributed by atoms with Gasteiger partial charge in [-0.25, -0.2) is 4.39 Å². The Morgan fingerprint density at radius 3 is 2.75 bits per heavy atom. The van der Waals surface area contributed by atoms with Gasteiger partial charge in [0.05, 0.1) is 11.1 Å². The lowest BCUT2D eigenvalue weighted by Crippen LogP contribution is -2.47. The minimum absolute atomic E-state index is 0.0753. The van der Waals surface area contributed by atoms with E-state index in [2.05, 4.69) is 15.9 Å². The van der Waals surface area contributed by atoms with Crippen LogP contribution in [0.2, 0.25) is 0 Å². The molecule has 2 rings (SSSR count). The van der Waals surface area contributed by atoms with Crippen molar-refractivity contribution in [2.45, 2.75) is 25.3 Å². The van der Waals surface area contributed by atoms with Gasteiger partial charge in [-0.3, -0.25) is 4.79 Å². The minimum atomic E-state index is -0.943. The highest BCUT2D eigenvalue weighted by Crippen LogP contribution is 2.40. The maximum absolute atomic E-state index is 13.5. The molecule has 1 saturated carbocycles. The van der Waals surface area contributed by atoms with Gasteiger partial charge in [-0.1, -0.05) is 15.9 Å². The molecule has 0 bridgehead atoms. The van der Waals surface area contributed by atoms with Gasteiger partial charge >= 0.3 is 0 Å². The monoisotopic (exact) mass is 285 g/mol. The fraction of sp³-hybridized carbons (Fsp3) is 0.417. The number of halogens is 2. The summed E-state index contributed by atoms with van der Waals surface area (Å²) in [6.45, 7) is 1.69. The molecule has 1 aliphatic rings. The molecule has 0 saturated heterocycles. The predicted octanol–water partition coefficient (Wildman–Crippen LogP) is 2.90. The summed E-state index contributed by atoms with van der Waals surface area (Å²) >= 11 is 3.22. The lowest BCUT2D eigenvalue weighted by molar-refractivity contribution is 0.0879. The van der Waals surface area contributed by atoms with Crippen molar-refractivity contribution in [2.75, 3.05) is 0 Å². The van der Waals surface area contributed by atoms with Crippen LogP contribution in [-0.4, -0.2) is 11.3 Å². The van der Waals surface area contributed by atoms with Crippen LogP contribution in [0.25, 0.3) is 0 Å². The number of benzene rings is 1. The largest absolute Gasteiger partial charge is 0.319 e. The molecule has 0 radical (unpaired) electrons. The summed E-state index contributed by atoms with van der Waals surface area (Å²) in [5.41, 5.74) is 5.12. The van der Waals surface area contributed by atoms with E-state index in [9.17, 15) is 9.18 Å². The fourth-order valence-electron chi connectivity index (χ4n) is 1.83. The van der Waals surface area contributed by atoms with Crippen LogP contribution in [0, 0.1) is 11.7 Å². The molecule has 1 aliphatic carbocycles. The molecule has 1 aromatic carbocycles. The third-order valence-electron chi connectivity index (χ3n) is 3.09. The summed E-state index contributed by atoms with van der Waals surface area (Å²) in [5.74, 6) is -0.627. The smallest absolute Gasteiger partial charge is 0.185 e. The lowest BCUT2D eigenvalue weighted by atomic mass is 9.87. The van der Waals surface area contributed by atoms with E-state index in [1.165, 1.54) is 12.1 Å². The van der Waals surface area contributed by atoms with Crippen molar-refractivity contribution in [2.24, 2.45) is 11.7 Å². The zero-order chi connectivity index (χ0) is 11.9. The highest BCUT2D eigenvalue weighted by Gasteiger charge is 2.44. The molecule has 0 aromatic heterocycles. The molecule has 2 N–H and O–H groups in total. The van der Waals surface area contributed by atoms with Crippen LogP contribution in [0.1, 0.15) is 30.1 Å². The van der Waals surface area contributed by atoms with E-state index in [-0.39, 0.29) is 17.3 Å². The van der Waals surface area contributed by atoms with E-state index in [0.29, 0.717) is 4.47 Å². The van der Waals surface area contributed by atoms with Crippen LogP contribution in [0.5, 0.6) is 0 Å². The second-order valence-corrected chi connectivity index (χ2v) is 5.43. The normalized spacial score (nSPS) is 19.2. The molecule has 4 heteroatoms. The van der Waals surface area contributed by atoms with Crippen molar-refractivity contribution in [1.29, 1.82) is 0 Å². The highest BCUT2D eigenvalue weighted by atomic mass is 79.9. The van der Waals surface area contributed by atoms with Crippen molar-refractivity contribution < 1.29 is 9.18 Å². The quantitative estimate of drug-likeness (QED) is 0.868. The van der Waals surface area contributed by atoms with Gasteiger partial charge in [-0.2, -0.15) is 0 Å². The Balaban J connectivity index is 2.36. The first-order valence-corrected chi connectivity index (χ1v) is 6.01. The van der Waals surface area contributed by atoms with E-state index >= 15 is 0 Å². The maximum Gasteiger partial charge on any atom is 0.185 e. The molecule has 2 nitrogen and oxygen atoms in total. The van der Waals surface area contributed by atoms with Crippen molar-refractivity contribution in [3.05, 3.63) is 34.1 Å². The first kappa shape index (κ1) is 11.7. The second-order valence-electron chi connectivity index (χ2n) is 4.51. The predicted molar refractivity (Wildman–Crippen MR) is 63.7 cm³/mol. The van der Waals surface area contributed by atoms with Gasteiger partial charge in [0, 0.05) is 4.47 Å². The van der Waals surface area contributed by atoms with Gasteiger partial charge in [-0.05, 0) is 43.9 Å². The van der Waals surface area contributed by atoms with Crippen LogP contribution >= 0.6 is 15.9 Å².